The van der Waals surface area contributed by atoms with Crippen molar-refractivity contribution in [3.05, 3.63) is 117 Å². The lowest BCUT2D eigenvalue weighted by molar-refractivity contribution is -0.121. The summed E-state index contributed by atoms with van der Waals surface area (Å²) in [7, 11) is 0. The molecule has 150 valence electrons. The van der Waals surface area contributed by atoms with Crippen molar-refractivity contribution in [2.24, 2.45) is 0 Å². The van der Waals surface area contributed by atoms with Crippen molar-refractivity contribution < 1.29 is 4.79 Å². The van der Waals surface area contributed by atoms with Gasteiger partial charge in [0.15, 0.2) is 0 Å². The average molecular weight is 399 g/mol. The zero-order valence-electron chi connectivity index (χ0n) is 16.3. The fourth-order valence-corrected chi connectivity index (χ4v) is 3.43. The monoisotopic (exact) mass is 399 g/mol. The first kappa shape index (κ1) is 19.4. The van der Waals surface area contributed by atoms with Crippen LogP contribution >= 0.6 is 0 Å². The maximum atomic E-state index is 13.2. The Balaban J connectivity index is 1.69. The van der Waals surface area contributed by atoms with Gasteiger partial charge in [-0.25, -0.2) is 4.79 Å². The third kappa shape index (κ3) is 4.07. The standard InChI is InChI=1S/C24H21N3O3/c28-22(25-15-18-9-3-1-4-10-18)17-26-21-14-8-7-13-20(21)23(29)27(24(26)30)16-19-11-5-2-6-12-19/h1-14H,15-17H2,(H,25,28). The summed E-state index contributed by atoms with van der Waals surface area (Å²) in [5, 5.41) is 3.24. The van der Waals surface area contributed by atoms with Crippen LogP contribution in [0.1, 0.15) is 11.1 Å². The number of carbonyl (C=O) groups excluding carboxylic acids is 1. The first-order valence-electron chi connectivity index (χ1n) is 9.70. The zero-order valence-corrected chi connectivity index (χ0v) is 16.3. The summed E-state index contributed by atoms with van der Waals surface area (Å²) in [5.74, 6) is -0.295. The molecule has 1 heterocycles. The van der Waals surface area contributed by atoms with Gasteiger partial charge in [0.05, 0.1) is 17.4 Å². The van der Waals surface area contributed by atoms with Gasteiger partial charge in [0.1, 0.15) is 6.54 Å². The van der Waals surface area contributed by atoms with Gasteiger partial charge in [-0.05, 0) is 23.3 Å². The van der Waals surface area contributed by atoms with E-state index in [-0.39, 0.29) is 24.6 Å². The van der Waals surface area contributed by atoms with Gasteiger partial charge in [0.25, 0.3) is 5.56 Å². The fourth-order valence-electron chi connectivity index (χ4n) is 3.43. The first-order chi connectivity index (χ1) is 14.6. The lowest BCUT2D eigenvalue weighted by Gasteiger charge is -2.14. The van der Waals surface area contributed by atoms with Gasteiger partial charge in [-0.2, -0.15) is 0 Å². The number of fused-ring (bicyclic) bond motifs is 1. The van der Waals surface area contributed by atoms with E-state index < -0.39 is 5.69 Å². The number of hydrogen-bond acceptors (Lipinski definition) is 3. The van der Waals surface area contributed by atoms with Crippen LogP contribution in [0.25, 0.3) is 10.9 Å². The number of hydrogen-bond donors (Lipinski definition) is 1. The van der Waals surface area contributed by atoms with Crippen LogP contribution in [0.2, 0.25) is 0 Å². The van der Waals surface area contributed by atoms with E-state index in [9.17, 15) is 14.4 Å². The SMILES string of the molecule is O=C(Cn1c(=O)n(Cc2ccccc2)c(=O)c2ccccc21)NCc1ccccc1. The minimum Gasteiger partial charge on any atom is -0.350 e. The molecule has 0 atom stereocenters. The van der Waals surface area contributed by atoms with Crippen LogP contribution in [0.15, 0.2) is 94.5 Å². The molecule has 1 aromatic heterocycles. The smallest absolute Gasteiger partial charge is 0.332 e. The summed E-state index contributed by atoms with van der Waals surface area (Å²) in [4.78, 5) is 38.7. The van der Waals surface area contributed by atoms with E-state index in [1.54, 1.807) is 24.3 Å². The minimum absolute atomic E-state index is 0.148. The van der Waals surface area contributed by atoms with Crippen molar-refractivity contribution >= 4 is 16.8 Å². The third-order valence-electron chi connectivity index (χ3n) is 4.95. The van der Waals surface area contributed by atoms with Gasteiger partial charge < -0.3 is 5.32 Å². The Kier molecular flexibility index (Phi) is 5.57. The maximum Gasteiger partial charge on any atom is 0.332 e. The number of nitrogens with one attached hydrogen (secondary N) is 1. The molecule has 1 N–H and O–H groups in total. The number of rotatable bonds is 6. The summed E-state index contributed by atoms with van der Waals surface area (Å²) in [6, 6.07) is 25.7. The zero-order chi connectivity index (χ0) is 20.9. The molecule has 6 heteroatoms. The van der Waals surface area contributed by atoms with Gasteiger partial charge in [-0.3, -0.25) is 18.7 Å². The number of benzene rings is 3. The van der Waals surface area contributed by atoms with Crippen LogP contribution in [-0.2, 0) is 24.4 Å². The van der Waals surface area contributed by atoms with E-state index in [1.807, 2.05) is 60.7 Å². The molecule has 3 aromatic carbocycles. The van der Waals surface area contributed by atoms with Crippen molar-refractivity contribution in [1.29, 1.82) is 0 Å². The molecular weight excluding hydrogens is 378 g/mol. The van der Waals surface area contributed by atoms with Crippen molar-refractivity contribution in [1.82, 2.24) is 14.5 Å². The van der Waals surface area contributed by atoms with Gasteiger partial charge in [0, 0.05) is 6.54 Å². The molecular formula is C24H21N3O3. The lowest BCUT2D eigenvalue weighted by Crippen LogP contribution is -2.42. The molecule has 0 aliphatic rings. The number of nitrogens with zero attached hydrogens (tertiary/aromatic N) is 2. The Morgan fingerprint density at radius 1 is 0.733 bits per heavy atom. The molecule has 0 saturated carbocycles. The lowest BCUT2D eigenvalue weighted by atomic mass is 10.2. The maximum absolute atomic E-state index is 13.2. The van der Waals surface area contributed by atoms with E-state index in [0.29, 0.717) is 17.4 Å². The van der Waals surface area contributed by atoms with Crippen LogP contribution in [0.3, 0.4) is 0 Å². The van der Waals surface area contributed by atoms with Crippen molar-refractivity contribution in [3.63, 3.8) is 0 Å². The molecule has 30 heavy (non-hydrogen) atoms. The quantitative estimate of drug-likeness (QED) is 0.542. The average Bonchev–Trinajstić information content (AvgIpc) is 2.79. The topological polar surface area (TPSA) is 73.1 Å². The summed E-state index contributed by atoms with van der Waals surface area (Å²) in [5.41, 5.74) is 1.40. The molecule has 0 radical (unpaired) electrons. The second kappa shape index (κ2) is 8.61. The van der Waals surface area contributed by atoms with Crippen LogP contribution in [0, 0.1) is 0 Å². The molecule has 0 bridgehead atoms. The number of aromatic nitrogens is 2. The van der Waals surface area contributed by atoms with E-state index in [0.717, 1.165) is 11.1 Å². The Morgan fingerprint density at radius 2 is 1.33 bits per heavy atom. The highest BCUT2D eigenvalue weighted by Gasteiger charge is 2.15. The second-order valence-electron chi connectivity index (χ2n) is 7.03. The third-order valence-corrected chi connectivity index (χ3v) is 4.95. The molecule has 0 saturated heterocycles. The Morgan fingerprint density at radius 3 is 2.03 bits per heavy atom. The van der Waals surface area contributed by atoms with Crippen molar-refractivity contribution in [2.75, 3.05) is 0 Å². The van der Waals surface area contributed by atoms with Gasteiger partial charge >= 0.3 is 5.69 Å². The van der Waals surface area contributed by atoms with Crippen LogP contribution < -0.4 is 16.6 Å². The minimum atomic E-state index is -0.502. The van der Waals surface area contributed by atoms with Crippen molar-refractivity contribution in [2.45, 2.75) is 19.6 Å². The van der Waals surface area contributed by atoms with E-state index in [2.05, 4.69) is 5.32 Å². The highest BCUT2D eigenvalue weighted by atomic mass is 16.2. The summed E-state index contributed by atoms with van der Waals surface area (Å²) < 4.78 is 2.54. The molecule has 0 aliphatic heterocycles. The molecule has 0 aliphatic carbocycles. The molecule has 4 rings (SSSR count). The van der Waals surface area contributed by atoms with Crippen LogP contribution in [0.5, 0.6) is 0 Å². The molecule has 4 aromatic rings. The van der Waals surface area contributed by atoms with Crippen molar-refractivity contribution in [3.8, 4) is 0 Å². The fraction of sp³-hybridized carbons (Fsp3) is 0.125. The number of amides is 1. The molecule has 0 fully saturated rings. The number of carbonyl (C=O) groups is 1. The second-order valence-corrected chi connectivity index (χ2v) is 7.03. The predicted molar refractivity (Wildman–Crippen MR) is 116 cm³/mol. The van der Waals surface area contributed by atoms with Gasteiger partial charge in [-0.1, -0.05) is 72.8 Å². The summed E-state index contributed by atoms with van der Waals surface area (Å²) in [6.45, 7) is 0.353. The summed E-state index contributed by atoms with van der Waals surface area (Å²) in [6.07, 6.45) is 0. The first-order valence-corrected chi connectivity index (χ1v) is 9.70. The Bertz CT molecular complexity index is 1290. The van der Waals surface area contributed by atoms with E-state index in [4.69, 9.17) is 0 Å². The molecule has 0 unspecified atom stereocenters. The largest absolute Gasteiger partial charge is 0.350 e. The molecule has 0 spiro atoms. The van der Waals surface area contributed by atoms with Crippen LogP contribution in [0.4, 0.5) is 0 Å². The predicted octanol–water partition coefficient (Wildman–Crippen LogP) is 2.53. The normalized spacial score (nSPS) is 10.8. The molecule has 6 nitrogen and oxygen atoms in total. The highest BCUT2D eigenvalue weighted by Crippen LogP contribution is 2.08. The highest BCUT2D eigenvalue weighted by molar-refractivity contribution is 5.81. The van der Waals surface area contributed by atoms with Crippen LogP contribution in [-0.4, -0.2) is 15.0 Å². The van der Waals surface area contributed by atoms with E-state index in [1.165, 1.54) is 9.13 Å². The molecule has 1 amide bonds. The Hall–Kier alpha value is -3.93. The number of para-hydroxylation sites is 1. The van der Waals surface area contributed by atoms with Gasteiger partial charge in [0.2, 0.25) is 5.91 Å². The summed E-state index contributed by atoms with van der Waals surface area (Å²) >= 11 is 0. The van der Waals surface area contributed by atoms with E-state index >= 15 is 0 Å². The Labute approximate surface area is 173 Å². The van der Waals surface area contributed by atoms with Gasteiger partial charge in [-0.15, -0.1) is 0 Å².